The molecule has 0 saturated carbocycles. The molecule has 0 aliphatic rings. The number of imidazole rings is 1. The van der Waals surface area contributed by atoms with E-state index in [1.807, 2.05) is 6.92 Å². The lowest BCUT2D eigenvalue weighted by atomic mass is 10.2. The molecule has 0 radical (unpaired) electrons. The van der Waals surface area contributed by atoms with Gasteiger partial charge in [0.05, 0.1) is 37.7 Å². The molecule has 3 nitrogen and oxygen atoms in total. The van der Waals surface area contributed by atoms with Gasteiger partial charge in [-0.3, -0.25) is 0 Å². The Morgan fingerprint density at radius 3 is 2.26 bits per heavy atom. The van der Waals surface area contributed by atoms with Crippen LogP contribution in [-0.4, -0.2) is 16.6 Å². The Morgan fingerprint density at radius 1 is 0.957 bits per heavy atom. The topological polar surface area (TPSA) is 37.9 Å². The standard InChI is InChI=1S/C16H12Cl4N2O/c1-2-3-23-15-11(19)4-8(5-12(15)20)16-21-13-6-9(17)10(18)7-14(13)22-16/h4-7H,2-3H2,1H3,(H,21,22). The van der Waals surface area contributed by atoms with Crippen LogP contribution in [0.2, 0.25) is 20.1 Å². The number of rotatable bonds is 4. The second-order valence-corrected chi connectivity index (χ2v) is 6.62. The summed E-state index contributed by atoms with van der Waals surface area (Å²) in [6.07, 6.45) is 0.875. The molecular weight excluding hydrogens is 378 g/mol. The molecule has 0 saturated heterocycles. The normalized spacial score (nSPS) is 11.2. The summed E-state index contributed by atoms with van der Waals surface area (Å²) in [7, 11) is 0. The molecule has 23 heavy (non-hydrogen) atoms. The number of nitrogens with one attached hydrogen (secondary N) is 1. The fourth-order valence-corrected chi connectivity index (χ4v) is 3.10. The molecule has 120 valence electrons. The Hall–Kier alpha value is -1.13. The molecule has 1 heterocycles. The van der Waals surface area contributed by atoms with Gasteiger partial charge in [-0.25, -0.2) is 4.98 Å². The van der Waals surface area contributed by atoms with E-state index < -0.39 is 0 Å². The van der Waals surface area contributed by atoms with Crippen molar-refractivity contribution in [3.05, 3.63) is 44.4 Å². The number of halogens is 4. The van der Waals surface area contributed by atoms with Crippen molar-refractivity contribution in [3.63, 3.8) is 0 Å². The van der Waals surface area contributed by atoms with E-state index in [1.165, 1.54) is 0 Å². The summed E-state index contributed by atoms with van der Waals surface area (Å²) in [5, 5.41) is 1.81. The molecule has 0 fully saturated rings. The molecule has 0 atom stereocenters. The summed E-state index contributed by atoms with van der Waals surface area (Å²) in [5.74, 6) is 1.12. The van der Waals surface area contributed by atoms with Crippen molar-refractivity contribution >= 4 is 57.4 Å². The van der Waals surface area contributed by atoms with Crippen LogP contribution in [0.3, 0.4) is 0 Å². The van der Waals surface area contributed by atoms with Gasteiger partial charge < -0.3 is 9.72 Å². The monoisotopic (exact) mass is 388 g/mol. The predicted octanol–water partition coefficient (Wildman–Crippen LogP) is 6.63. The van der Waals surface area contributed by atoms with Gasteiger partial charge in [0, 0.05) is 5.56 Å². The Kier molecular flexibility index (Phi) is 4.93. The average Bonchev–Trinajstić information content (AvgIpc) is 2.89. The summed E-state index contributed by atoms with van der Waals surface area (Å²) in [4.78, 5) is 7.69. The van der Waals surface area contributed by atoms with E-state index in [2.05, 4.69) is 9.97 Å². The number of nitrogens with zero attached hydrogens (tertiary/aromatic N) is 1. The van der Waals surface area contributed by atoms with Crippen LogP contribution in [0.25, 0.3) is 22.4 Å². The first-order valence-electron chi connectivity index (χ1n) is 6.96. The van der Waals surface area contributed by atoms with Crippen LogP contribution in [0.5, 0.6) is 5.75 Å². The smallest absolute Gasteiger partial charge is 0.156 e. The van der Waals surface area contributed by atoms with Gasteiger partial charge in [-0.05, 0) is 30.7 Å². The predicted molar refractivity (Wildman–Crippen MR) is 97.4 cm³/mol. The van der Waals surface area contributed by atoms with Crippen molar-refractivity contribution in [2.24, 2.45) is 0 Å². The van der Waals surface area contributed by atoms with Crippen molar-refractivity contribution in [1.29, 1.82) is 0 Å². The number of H-pyrrole nitrogens is 1. The Balaban J connectivity index is 2.04. The first-order valence-corrected chi connectivity index (χ1v) is 8.47. The highest BCUT2D eigenvalue weighted by Gasteiger charge is 2.14. The molecule has 0 unspecified atom stereocenters. The van der Waals surface area contributed by atoms with Gasteiger partial charge in [-0.15, -0.1) is 0 Å². The number of fused-ring (bicyclic) bond motifs is 1. The number of benzene rings is 2. The molecule has 0 amide bonds. The zero-order chi connectivity index (χ0) is 16.6. The summed E-state index contributed by atoms with van der Waals surface area (Å²) >= 11 is 24.6. The molecule has 0 spiro atoms. The van der Waals surface area contributed by atoms with Crippen LogP contribution in [-0.2, 0) is 0 Å². The summed E-state index contributed by atoms with van der Waals surface area (Å²) < 4.78 is 5.57. The maximum Gasteiger partial charge on any atom is 0.156 e. The number of aromatic nitrogens is 2. The lowest BCUT2D eigenvalue weighted by molar-refractivity contribution is 0.318. The van der Waals surface area contributed by atoms with Crippen LogP contribution in [0.4, 0.5) is 0 Å². The third kappa shape index (κ3) is 3.38. The minimum Gasteiger partial charge on any atom is -0.490 e. The van der Waals surface area contributed by atoms with Gasteiger partial charge in [-0.2, -0.15) is 0 Å². The highest BCUT2D eigenvalue weighted by Crippen LogP contribution is 2.37. The maximum absolute atomic E-state index is 6.28. The molecule has 3 aromatic rings. The van der Waals surface area contributed by atoms with Crippen LogP contribution >= 0.6 is 46.4 Å². The maximum atomic E-state index is 6.28. The van der Waals surface area contributed by atoms with Crippen molar-refractivity contribution in [2.45, 2.75) is 13.3 Å². The number of hydrogen-bond acceptors (Lipinski definition) is 2. The quantitative estimate of drug-likeness (QED) is 0.543. The fourth-order valence-electron chi connectivity index (χ4n) is 2.18. The minimum atomic E-state index is 0.442. The van der Waals surface area contributed by atoms with Crippen LogP contribution < -0.4 is 4.74 Å². The van der Waals surface area contributed by atoms with Crippen LogP contribution in [0.1, 0.15) is 13.3 Å². The number of ether oxygens (including phenoxy) is 1. The molecule has 0 bridgehead atoms. The van der Waals surface area contributed by atoms with Crippen molar-refractivity contribution in [3.8, 4) is 17.1 Å². The molecule has 1 N–H and O–H groups in total. The number of aromatic amines is 1. The summed E-state index contributed by atoms with van der Waals surface area (Å²) in [6.45, 7) is 2.57. The molecular formula is C16H12Cl4N2O. The minimum absolute atomic E-state index is 0.442. The first kappa shape index (κ1) is 16.7. The molecule has 1 aromatic heterocycles. The van der Waals surface area contributed by atoms with E-state index >= 15 is 0 Å². The Morgan fingerprint density at radius 2 is 1.61 bits per heavy atom. The van der Waals surface area contributed by atoms with Crippen molar-refractivity contribution in [1.82, 2.24) is 9.97 Å². The van der Waals surface area contributed by atoms with Gasteiger partial charge in [0.1, 0.15) is 5.82 Å². The zero-order valence-corrected chi connectivity index (χ0v) is 15.1. The second kappa shape index (κ2) is 6.78. The van der Waals surface area contributed by atoms with Gasteiger partial charge in [0.2, 0.25) is 0 Å². The van der Waals surface area contributed by atoms with E-state index in [9.17, 15) is 0 Å². The molecule has 2 aromatic carbocycles. The van der Waals surface area contributed by atoms with Crippen LogP contribution in [0, 0.1) is 0 Å². The van der Waals surface area contributed by atoms with Crippen LogP contribution in [0.15, 0.2) is 24.3 Å². The van der Waals surface area contributed by atoms with E-state index in [4.69, 9.17) is 51.1 Å². The van der Waals surface area contributed by atoms with E-state index in [-0.39, 0.29) is 0 Å². The number of hydrogen-bond donors (Lipinski definition) is 1. The van der Waals surface area contributed by atoms with E-state index in [0.29, 0.717) is 43.8 Å². The Labute approximate surface area is 153 Å². The highest BCUT2D eigenvalue weighted by molar-refractivity contribution is 6.42. The zero-order valence-electron chi connectivity index (χ0n) is 12.1. The summed E-state index contributed by atoms with van der Waals surface area (Å²) in [6, 6.07) is 6.97. The van der Waals surface area contributed by atoms with Gasteiger partial charge in [0.15, 0.2) is 5.75 Å². The first-order chi connectivity index (χ1) is 11.0. The van der Waals surface area contributed by atoms with Gasteiger partial charge in [-0.1, -0.05) is 53.3 Å². The average molecular weight is 390 g/mol. The lowest BCUT2D eigenvalue weighted by Gasteiger charge is -2.10. The molecule has 0 aliphatic heterocycles. The van der Waals surface area contributed by atoms with E-state index in [0.717, 1.165) is 17.5 Å². The van der Waals surface area contributed by atoms with Crippen molar-refractivity contribution < 1.29 is 4.74 Å². The molecule has 7 heteroatoms. The summed E-state index contributed by atoms with van der Waals surface area (Å²) in [5.41, 5.74) is 2.26. The fraction of sp³-hybridized carbons (Fsp3) is 0.188. The SMILES string of the molecule is CCCOc1c(Cl)cc(-c2nc3cc(Cl)c(Cl)cc3[nH]2)cc1Cl. The molecule has 3 rings (SSSR count). The highest BCUT2D eigenvalue weighted by atomic mass is 35.5. The van der Waals surface area contributed by atoms with Crippen molar-refractivity contribution in [2.75, 3.05) is 6.61 Å². The Bertz CT molecular complexity index is 814. The third-order valence-electron chi connectivity index (χ3n) is 3.25. The second-order valence-electron chi connectivity index (χ2n) is 4.99. The van der Waals surface area contributed by atoms with E-state index in [1.54, 1.807) is 24.3 Å². The van der Waals surface area contributed by atoms with Gasteiger partial charge in [0.25, 0.3) is 0 Å². The largest absolute Gasteiger partial charge is 0.490 e. The van der Waals surface area contributed by atoms with Gasteiger partial charge >= 0.3 is 0 Å². The third-order valence-corrected chi connectivity index (χ3v) is 4.53. The lowest BCUT2D eigenvalue weighted by Crippen LogP contribution is -1.97. The molecule has 0 aliphatic carbocycles.